The van der Waals surface area contributed by atoms with Gasteiger partial charge in [-0.3, -0.25) is 0 Å². The van der Waals surface area contributed by atoms with Gasteiger partial charge in [0.2, 0.25) is 10.0 Å². The molecule has 0 bridgehead atoms. The SMILES string of the molecule is N#Cc1ccc(S(=O)(=O)NC[C@@H](O)c2ccsc2)c(F)c1. The van der Waals surface area contributed by atoms with Crippen LogP contribution in [0.25, 0.3) is 0 Å². The molecule has 2 N–H and O–H groups in total. The summed E-state index contributed by atoms with van der Waals surface area (Å²) in [5, 5.41) is 21.9. The molecule has 1 aromatic carbocycles. The third kappa shape index (κ3) is 3.65. The first-order chi connectivity index (χ1) is 9.94. The van der Waals surface area contributed by atoms with Gasteiger partial charge in [-0.25, -0.2) is 17.5 Å². The summed E-state index contributed by atoms with van der Waals surface area (Å²) in [6.45, 7) is -0.265. The quantitative estimate of drug-likeness (QED) is 0.876. The molecule has 1 atom stereocenters. The van der Waals surface area contributed by atoms with Gasteiger partial charge in [-0.15, -0.1) is 0 Å². The third-order valence-corrected chi connectivity index (χ3v) is 4.90. The molecule has 0 fully saturated rings. The number of aliphatic hydroxyl groups is 1. The van der Waals surface area contributed by atoms with Gasteiger partial charge in [0.1, 0.15) is 10.7 Å². The third-order valence-electron chi connectivity index (χ3n) is 2.75. The number of nitriles is 1. The van der Waals surface area contributed by atoms with Crippen molar-refractivity contribution in [3.8, 4) is 6.07 Å². The van der Waals surface area contributed by atoms with Crippen LogP contribution in [-0.2, 0) is 10.0 Å². The van der Waals surface area contributed by atoms with Crippen molar-refractivity contribution in [1.29, 1.82) is 5.26 Å². The second-order valence-electron chi connectivity index (χ2n) is 4.18. The fourth-order valence-corrected chi connectivity index (χ4v) is 3.44. The average molecular weight is 326 g/mol. The van der Waals surface area contributed by atoms with Crippen LogP contribution in [0.4, 0.5) is 4.39 Å². The molecule has 8 heteroatoms. The Morgan fingerprint density at radius 3 is 2.76 bits per heavy atom. The van der Waals surface area contributed by atoms with Crippen LogP contribution in [0.5, 0.6) is 0 Å². The monoisotopic (exact) mass is 326 g/mol. The second kappa shape index (κ2) is 6.32. The first-order valence-corrected chi connectivity index (χ1v) is 8.26. The minimum absolute atomic E-state index is 0.0322. The van der Waals surface area contributed by atoms with Crippen molar-refractivity contribution in [2.75, 3.05) is 6.54 Å². The Morgan fingerprint density at radius 1 is 1.43 bits per heavy atom. The summed E-state index contributed by atoms with van der Waals surface area (Å²) >= 11 is 1.38. The molecule has 21 heavy (non-hydrogen) atoms. The number of hydrogen-bond acceptors (Lipinski definition) is 5. The van der Waals surface area contributed by atoms with Crippen molar-refractivity contribution in [1.82, 2.24) is 4.72 Å². The smallest absolute Gasteiger partial charge is 0.243 e. The van der Waals surface area contributed by atoms with Crippen molar-refractivity contribution in [2.45, 2.75) is 11.0 Å². The van der Waals surface area contributed by atoms with E-state index in [0.29, 0.717) is 5.56 Å². The van der Waals surface area contributed by atoms with Crippen LogP contribution in [0.2, 0.25) is 0 Å². The van der Waals surface area contributed by atoms with Gasteiger partial charge >= 0.3 is 0 Å². The highest BCUT2D eigenvalue weighted by Gasteiger charge is 2.21. The summed E-state index contributed by atoms with van der Waals surface area (Å²) in [6, 6.07) is 6.48. The molecule has 0 aliphatic carbocycles. The van der Waals surface area contributed by atoms with Crippen molar-refractivity contribution in [3.05, 3.63) is 52.0 Å². The van der Waals surface area contributed by atoms with E-state index in [1.807, 2.05) is 0 Å². The first-order valence-electron chi connectivity index (χ1n) is 5.83. The van der Waals surface area contributed by atoms with Crippen LogP contribution < -0.4 is 4.72 Å². The number of rotatable bonds is 5. The molecule has 1 aromatic heterocycles. The van der Waals surface area contributed by atoms with Gasteiger partial charge in [-0.2, -0.15) is 16.6 Å². The molecule has 2 rings (SSSR count). The van der Waals surface area contributed by atoms with E-state index >= 15 is 0 Å². The van der Waals surface area contributed by atoms with Crippen molar-refractivity contribution in [3.63, 3.8) is 0 Å². The van der Waals surface area contributed by atoms with Gasteiger partial charge in [0.15, 0.2) is 0 Å². The Morgan fingerprint density at radius 2 is 2.19 bits per heavy atom. The van der Waals surface area contributed by atoms with E-state index in [0.717, 1.165) is 12.1 Å². The average Bonchev–Trinajstić information content (AvgIpc) is 2.98. The Bertz CT molecular complexity index is 767. The van der Waals surface area contributed by atoms with Gasteiger partial charge in [-0.05, 0) is 40.6 Å². The zero-order chi connectivity index (χ0) is 15.5. The topological polar surface area (TPSA) is 90.2 Å². The van der Waals surface area contributed by atoms with E-state index in [2.05, 4.69) is 4.72 Å². The fraction of sp³-hybridized carbons (Fsp3) is 0.154. The number of nitrogens with zero attached hydrogens (tertiary/aromatic N) is 1. The van der Waals surface area contributed by atoms with E-state index in [-0.39, 0.29) is 12.1 Å². The lowest BCUT2D eigenvalue weighted by Gasteiger charge is -2.11. The number of halogens is 1. The van der Waals surface area contributed by atoms with Crippen LogP contribution in [0.3, 0.4) is 0 Å². The summed E-state index contributed by atoms with van der Waals surface area (Å²) in [5.74, 6) is -1.01. The minimum Gasteiger partial charge on any atom is -0.387 e. The van der Waals surface area contributed by atoms with Crippen LogP contribution in [0.15, 0.2) is 39.9 Å². The van der Waals surface area contributed by atoms with E-state index in [1.54, 1.807) is 22.9 Å². The molecule has 0 unspecified atom stereocenters. The lowest BCUT2D eigenvalue weighted by Crippen LogP contribution is -2.29. The highest BCUT2D eigenvalue weighted by Crippen LogP contribution is 2.18. The van der Waals surface area contributed by atoms with E-state index in [1.165, 1.54) is 17.4 Å². The van der Waals surface area contributed by atoms with Crippen LogP contribution in [-0.4, -0.2) is 20.1 Å². The standard InChI is InChI=1S/C13H11FN2O3S2/c14-11-5-9(6-15)1-2-13(11)21(18,19)16-7-12(17)10-3-4-20-8-10/h1-5,8,12,16-17H,7H2/t12-/m1/s1. The van der Waals surface area contributed by atoms with Crippen LogP contribution in [0.1, 0.15) is 17.2 Å². The van der Waals surface area contributed by atoms with Crippen LogP contribution >= 0.6 is 11.3 Å². The number of thiophene rings is 1. The highest BCUT2D eigenvalue weighted by molar-refractivity contribution is 7.89. The van der Waals surface area contributed by atoms with Gasteiger partial charge in [-0.1, -0.05) is 0 Å². The van der Waals surface area contributed by atoms with Crippen molar-refractivity contribution >= 4 is 21.4 Å². The molecule has 0 radical (unpaired) electrons. The number of sulfonamides is 1. The lowest BCUT2D eigenvalue weighted by molar-refractivity contribution is 0.182. The van der Waals surface area contributed by atoms with Gasteiger partial charge < -0.3 is 5.11 Å². The van der Waals surface area contributed by atoms with Gasteiger partial charge in [0.05, 0.1) is 17.7 Å². The molecule has 110 valence electrons. The van der Waals surface area contributed by atoms with E-state index < -0.39 is 26.8 Å². The van der Waals surface area contributed by atoms with Crippen molar-refractivity contribution in [2.24, 2.45) is 0 Å². The molecular formula is C13H11FN2O3S2. The molecule has 0 aliphatic rings. The summed E-state index contributed by atoms with van der Waals surface area (Å²) in [5.41, 5.74) is 0.618. The zero-order valence-corrected chi connectivity index (χ0v) is 12.3. The summed E-state index contributed by atoms with van der Waals surface area (Å²) in [4.78, 5) is -0.556. The summed E-state index contributed by atoms with van der Waals surface area (Å²) in [7, 11) is -4.09. The molecule has 2 aromatic rings. The molecule has 0 spiro atoms. The normalized spacial score (nSPS) is 12.8. The Hall–Kier alpha value is -1.79. The van der Waals surface area contributed by atoms with Gasteiger partial charge in [0, 0.05) is 6.54 Å². The predicted molar refractivity (Wildman–Crippen MR) is 75.6 cm³/mol. The predicted octanol–water partition coefficient (Wildman–Crippen LogP) is 1.77. The summed E-state index contributed by atoms with van der Waals surface area (Å²) < 4.78 is 39.8. The minimum atomic E-state index is -4.09. The Labute approximate surface area is 125 Å². The molecule has 0 saturated carbocycles. The second-order valence-corrected chi connectivity index (χ2v) is 6.70. The zero-order valence-electron chi connectivity index (χ0n) is 10.7. The van der Waals surface area contributed by atoms with E-state index in [4.69, 9.17) is 5.26 Å². The Kier molecular flexibility index (Phi) is 4.69. The fourth-order valence-electron chi connectivity index (χ4n) is 1.64. The largest absolute Gasteiger partial charge is 0.387 e. The maximum atomic E-state index is 13.7. The molecule has 1 heterocycles. The molecular weight excluding hydrogens is 315 g/mol. The first kappa shape index (κ1) is 15.6. The highest BCUT2D eigenvalue weighted by atomic mass is 32.2. The maximum absolute atomic E-state index is 13.7. The molecule has 0 saturated heterocycles. The lowest BCUT2D eigenvalue weighted by atomic mass is 10.2. The van der Waals surface area contributed by atoms with E-state index in [9.17, 15) is 17.9 Å². The number of nitrogens with one attached hydrogen (secondary N) is 1. The number of benzene rings is 1. The van der Waals surface area contributed by atoms with Crippen molar-refractivity contribution < 1.29 is 17.9 Å². The Balaban J connectivity index is 2.14. The van der Waals surface area contributed by atoms with Crippen LogP contribution in [0, 0.1) is 17.1 Å². The number of hydrogen-bond donors (Lipinski definition) is 2. The number of aliphatic hydroxyl groups excluding tert-OH is 1. The summed E-state index contributed by atoms with van der Waals surface area (Å²) in [6.07, 6.45) is -1.01. The molecule has 0 amide bonds. The maximum Gasteiger partial charge on any atom is 0.243 e. The molecule has 0 aliphatic heterocycles. The van der Waals surface area contributed by atoms with Gasteiger partial charge in [0.25, 0.3) is 0 Å². The molecule has 5 nitrogen and oxygen atoms in total.